The zero-order valence-electron chi connectivity index (χ0n) is 13.3. The summed E-state index contributed by atoms with van der Waals surface area (Å²) < 4.78 is 12.3. The van der Waals surface area contributed by atoms with E-state index in [2.05, 4.69) is 15.9 Å². The second kappa shape index (κ2) is 6.90. The largest absolute Gasteiger partial charge is 0.492 e. The first-order chi connectivity index (χ1) is 10.3. The van der Waals surface area contributed by atoms with Crippen LogP contribution in [0.15, 0.2) is 16.6 Å². The topological polar surface area (TPSA) is 55.8 Å². The minimum absolute atomic E-state index is 0.225. The lowest BCUT2D eigenvalue weighted by atomic mass is 9.86. The summed E-state index contributed by atoms with van der Waals surface area (Å²) in [5.74, 6) is 0.557. The Morgan fingerprint density at radius 2 is 2.00 bits per heavy atom. The summed E-state index contributed by atoms with van der Waals surface area (Å²) >= 11 is 3.50. The van der Waals surface area contributed by atoms with E-state index >= 15 is 0 Å². The first-order valence-corrected chi connectivity index (χ1v) is 8.39. The van der Waals surface area contributed by atoms with Crippen LogP contribution in [-0.2, 0) is 11.2 Å². The van der Waals surface area contributed by atoms with E-state index in [-0.39, 0.29) is 6.10 Å². The maximum absolute atomic E-state index is 11.3. The number of aliphatic carboxylic acids is 1. The fraction of sp³-hybridized carbons (Fsp3) is 0.588. The maximum Gasteiger partial charge on any atom is 0.309 e. The van der Waals surface area contributed by atoms with Crippen molar-refractivity contribution in [1.29, 1.82) is 0 Å². The highest BCUT2D eigenvalue weighted by atomic mass is 79.9. The van der Waals surface area contributed by atoms with Crippen LogP contribution in [0, 0.1) is 5.41 Å². The summed E-state index contributed by atoms with van der Waals surface area (Å²) in [6.45, 7) is 3.45. The average Bonchev–Trinajstić information content (AvgIpc) is 2.90. The summed E-state index contributed by atoms with van der Waals surface area (Å²) in [6, 6.07) is 3.82. The molecule has 1 aliphatic rings. The lowest BCUT2D eigenvalue weighted by Gasteiger charge is -2.22. The third-order valence-corrected chi connectivity index (χ3v) is 4.68. The summed E-state index contributed by atoms with van der Waals surface area (Å²) in [5, 5.41) is 9.30. The first-order valence-electron chi connectivity index (χ1n) is 7.60. The molecular weight excluding hydrogens is 348 g/mol. The molecule has 1 aliphatic carbocycles. The van der Waals surface area contributed by atoms with Crippen molar-refractivity contribution in [1.82, 2.24) is 0 Å². The van der Waals surface area contributed by atoms with Crippen LogP contribution in [0.3, 0.4) is 0 Å². The van der Waals surface area contributed by atoms with Gasteiger partial charge in [-0.2, -0.15) is 0 Å². The van der Waals surface area contributed by atoms with Crippen LogP contribution in [0.2, 0.25) is 0 Å². The van der Waals surface area contributed by atoms with Gasteiger partial charge in [-0.25, -0.2) is 0 Å². The fourth-order valence-corrected chi connectivity index (χ4v) is 3.43. The third kappa shape index (κ3) is 3.94. The molecule has 122 valence electrons. The molecule has 0 amide bonds. The van der Waals surface area contributed by atoms with Crippen molar-refractivity contribution in [2.45, 2.75) is 52.1 Å². The molecule has 5 heteroatoms. The lowest BCUT2D eigenvalue weighted by Crippen LogP contribution is -2.26. The van der Waals surface area contributed by atoms with Crippen molar-refractivity contribution in [2.24, 2.45) is 5.41 Å². The average molecular weight is 371 g/mol. The standard InChI is InChI=1S/C17H23BrO4/c1-17(2,16(19)20)10-11-8-13(18)15(21-3)14(9-11)22-12-6-4-5-7-12/h8-9,12H,4-7,10H2,1-3H3,(H,19,20). The molecule has 0 aromatic heterocycles. The molecule has 0 atom stereocenters. The summed E-state index contributed by atoms with van der Waals surface area (Å²) in [4.78, 5) is 11.3. The number of carbonyl (C=O) groups is 1. The van der Waals surface area contributed by atoms with Gasteiger partial charge >= 0.3 is 5.97 Å². The van der Waals surface area contributed by atoms with Crippen molar-refractivity contribution >= 4 is 21.9 Å². The van der Waals surface area contributed by atoms with Gasteiger partial charge in [0.15, 0.2) is 11.5 Å². The molecule has 0 spiro atoms. The number of methoxy groups -OCH3 is 1. The van der Waals surface area contributed by atoms with E-state index in [0.717, 1.165) is 22.9 Å². The smallest absolute Gasteiger partial charge is 0.309 e. The SMILES string of the molecule is COc1c(Br)cc(CC(C)(C)C(=O)O)cc1OC1CCCC1. The zero-order valence-corrected chi connectivity index (χ0v) is 14.9. The van der Waals surface area contributed by atoms with Crippen LogP contribution in [0.25, 0.3) is 0 Å². The minimum atomic E-state index is -0.821. The number of carboxylic acid groups (broad SMARTS) is 1. The Bertz CT molecular complexity index is 548. The van der Waals surface area contributed by atoms with Crippen molar-refractivity contribution in [3.8, 4) is 11.5 Å². The Morgan fingerprint density at radius 3 is 2.55 bits per heavy atom. The van der Waals surface area contributed by atoms with Crippen molar-refractivity contribution in [2.75, 3.05) is 7.11 Å². The van der Waals surface area contributed by atoms with E-state index in [1.165, 1.54) is 12.8 Å². The van der Waals surface area contributed by atoms with Gasteiger partial charge < -0.3 is 14.6 Å². The summed E-state index contributed by atoms with van der Waals surface area (Å²) in [7, 11) is 1.61. The van der Waals surface area contributed by atoms with E-state index < -0.39 is 11.4 Å². The number of hydrogen-bond acceptors (Lipinski definition) is 3. The molecular formula is C17H23BrO4. The van der Waals surface area contributed by atoms with Crippen LogP contribution in [0.1, 0.15) is 45.1 Å². The number of hydrogen-bond donors (Lipinski definition) is 1. The number of benzene rings is 1. The highest BCUT2D eigenvalue weighted by Crippen LogP contribution is 2.40. The maximum atomic E-state index is 11.3. The number of rotatable bonds is 6. The van der Waals surface area contributed by atoms with Gasteiger partial charge in [0.1, 0.15) is 0 Å². The molecule has 22 heavy (non-hydrogen) atoms. The van der Waals surface area contributed by atoms with E-state index in [4.69, 9.17) is 9.47 Å². The van der Waals surface area contributed by atoms with Crippen LogP contribution < -0.4 is 9.47 Å². The van der Waals surface area contributed by atoms with Crippen LogP contribution in [0.5, 0.6) is 11.5 Å². The van der Waals surface area contributed by atoms with Gasteiger partial charge in [0.05, 0.1) is 23.1 Å². The molecule has 2 rings (SSSR count). The Labute approximate surface area is 139 Å². The molecule has 0 radical (unpaired) electrons. The summed E-state index contributed by atoms with van der Waals surface area (Å²) in [5.41, 5.74) is 0.103. The van der Waals surface area contributed by atoms with Crippen molar-refractivity contribution < 1.29 is 19.4 Å². The van der Waals surface area contributed by atoms with Gasteiger partial charge in [0, 0.05) is 0 Å². The molecule has 0 unspecified atom stereocenters. The Balaban J connectivity index is 2.28. The molecule has 4 nitrogen and oxygen atoms in total. The normalized spacial score (nSPS) is 15.8. The van der Waals surface area contributed by atoms with Gasteiger partial charge in [-0.15, -0.1) is 0 Å². The lowest BCUT2D eigenvalue weighted by molar-refractivity contribution is -0.146. The third-order valence-electron chi connectivity index (χ3n) is 4.09. The molecule has 1 aromatic carbocycles. The molecule has 0 heterocycles. The van der Waals surface area contributed by atoms with Crippen LogP contribution in [-0.4, -0.2) is 24.3 Å². The predicted octanol–water partition coefficient (Wildman–Crippen LogP) is 4.43. The molecule has 0 aliphatic heterocycles. The highest BCUT2D eigenvalue weighted by molar-refractivity contribution is 9.10. The van der Waals surface area contributed by atoms with Gasteiger partial charge in [0.2, 0.25) is 0 Å². The zero-order chi connectivity index (χ0) is 16.3. The van der Waals surface area contributed by atoms with Crippen molar-refractivity contribution in [3.63, 3.8) is 0 Å². The quantitative estimate of drug-likeness (QED) is 0.804. The molecule has 0 bridgehead atoms. The molecule has 1 N–H and O–H groups in total. The molecule has 1 saturated carbocycles. The highest BCUT2D eigenvalue weighted by Gasteiger charge is 2.28. The second-order valence-corrected chi connectivity index (χ2v) is 7.35. The van der Waals surface area contributed by atoms with Crippen molar-refractivity contribution in [3.05, 3.63) is 22.2 Å². The molecule has 0 saturated heterocycles. The molecule has 1 aromatic rings. The Kier molecular flexibility index (Phi) is 5.37. The minimum Gasteiger partial charge on any atom is -0.492 e. The second-order valence-electron chi connectivity index (χ2n) is 6.50. The monoisotopic (exact) mass is 370 g/mol. The van der Waals surface area contributed by atoms with Gasteiger partial charge in [-0.3, -0.25) is 4.79 Å². The Morgan fingerprint density at radius 1 is 1.36 bits per heavy atom. The van der Waals surface area contributed by atoms with Crippen LogP contribution >= 0.6 is 15.9 Å². The fourth-order valence-electron chi connectivity index (χ4n) is 2.78. The predicted molar refractivity (Wildman–Crippen MR) is 88.7 cm³/mol. The number of carboxylic acids is 1. The summed E-state index contributed by atoms with van der Waals surface area (Å²) in [6.07, 6.45) is 5.17. The van der Waals surface area contributed by atoms with E-state index in [1.807, 2.05) is 12.1 Å². The van der Waals surface area contributed by atoms with Gasteiger partial charge in [-0.1, -0.05) is 0 Å². The van der Waals surface area contributed by atoms with Gasteiger partial charge in [0.25, 0.3) is 0 Å². The number of halogens is 1. The van der Waals surface area contributed by atoms with E-state index in [1.54, 1.807) is 21.0 Å². The first kappa shape index (κ1) is 17.1. The number of ether oxygens (including phenoxy) is 2. The molecule has 1 fully saturated rings. The van der Waals surface area contributed by atoms with Crippen LogP contribution in [0.4, 0.5) is 0 Å². The van der Waals surface area contributed by atoms with E-state index in [9.17, 15) is 9.90 Å². The van der Waals surface area contributed by atoms with E-state index in [0.29, 0.717) is 17.9 Å². The Hall–Kier alpha value is -1.23. The van der Waals surface area contributed by atoms with Gasteiger partial charge in [-0.05, 0) is 79.6 Å².